The standard InChI is InChI=1S/C24H22ClNO4S2/c1-29-22(27)14-31-24(32-15-23(28)30-2)18-5-3-4-16(12-18)6-10-20-11-8-17-7-9-19(25)13-21(17)26-20/h3-13,24H,14-15H2,1-2H3/b10-6+. The molecular weight excluding hydrogens is 466 g/mol. The van der Waals surface area contributed by atoms with Gasteiger partial charge in [0.15, 0.2) is 0 Å². The van der Waals surface area contributed by atoms with Gasteiger partial charge in [-0.3, -0.25) is 9.59 Å². The van der Waals surface area contributed by atoms with E-state index in [2.05, 4.69) is 4.98 Å². The van der Waals surface area contributed by atoms with Crippen molar-refractivity contribution in [3.63, 3.8) is 0 Å². The number of hydrogen-bond acceptors (Lipinski definition) is 7. The molecule has 0 radical (unpaired) electrons. The van der Waals surface area contributed by atoms with Gasteiger partial charge in [-0.05, 0) is 41.5 Å². The Morgan fingerprint density at radius 2 is 1.66 bits per heavy atom. The molecule has 0 aliphatic heterocycles. The molecule has 0 aliphatic rings. The van der Waals surface area contributed by atoms with E-state index in [4.69, 9.17) is 21.1 Å². The first kappa shape index (κ1) is 24.2. The van der Waals surface area contributed by atoms with E-state index in [1.165, 1.54) is 37.7 Å². The van der Waals surface area contributed by atoms with Crippen LogP contribution in [-0.2, 0) is 19.1 Å². The molecule has 3 rings (SSSR count). The van der Waals surface area contributed by atoms with Crippen LogP contribution in [0.15, 0.2) is 54.6 Å². The molecule has 0 amide bonds. The minimum absolute atomic E-state index is 0.123. The predicted molar refractivity (Wildman–Crippen MR) is 134 cm³/mol. The number of hydrogen-bond donors (Lipinski definition) is 0. The lowest BCUT2D eigenvalue weighted by Crippen LogP contribution is -2.08. The Morgan fingerprint density at radius 3 is 2.34 bits per heavy atom. The zero-order valence-corrected chi connectivity index (χ0v) is 20.0. The third-order valence-corrected chi connectivity index (χ3v) is 7.47. The van der Waals surface area contributed by atoms with Crippen molar-refractivity contribution in [2.24, 2.45) is 0 Å². The fraction of sp³-hybridized carbons (Fsp3) is 0.208. The van der Waals surface area contributed by atoms with Crippen molar-refractivity contribution in [3.05, 3.63) is 76.4 Å². The van der Waals surface area contributed by atoms with Gasteiger partial charge in [0.2, 0.25) is 0 Å². The Morgan fingerprint density at radius 1 is 0.969 bits per heavy atom. The van der Waals surface area contributed by atoms with Crippen LogP contribution in [0.25, 0.3) is 23.1 Å². The zero-order chi connectivity index (χ0) is 22.9. The van der Waals surface area contributed by atoms with Gasteiger partial charge < -0.3 is 9.47 Å². The molecule has 0 atom stereocenters. The van der Waals surface area contributed by atoms with Crippen LogP contribution >= 0.6 is 35.1 Å². The minimum Gasteiger partial charge on any atom is -0.468 e. The van der Waals surface area contributed by atoms with Crippen molar-refractivity contribution >= 4 is 70.1 Å². The van der Waals surface area contributed by atoms with E-state index in [1.54, 1.807) is 0 Å². The van der Waals surface area contributed by atoms with E-state index in [9.17, 15) is 9.59 Å². The average molecular weight is 488 g/mol. The smallest absolute Gasteiger partial charge is 0.315 e. The van der Waals surface area contributed by atoms with Gasteiger partial charge >= 0.3 is 11.9 Å². The maximum atomic E-state index is 11.6. The number of ether oxygens (including phenoxy) is 2. The molecule has 32 heavy (non-hydrogen) atoms. The molecule has 0 spiro atoms. The zero-order valence-electron chi connectivity index (χ0n) is 17.6. The van der Waals surface area contributed by atoms with E-state index in [-0.39, 0.29) is 28.0 Å². The van der Waals surface area contributed by atoms with E-state index >= 15 is 0 Å². The van der Waals surface area contributed by atoms with Crippen LogP contribution in [-0.4, -0.2) is 42.6 Å². The number of esters is 2. The van der Waals surface area contributed by atoms with Crippen molar-refractivity contribution in [1.29, 1.82) is 0 Å². The number of aromatic nitrogens is 1. The highest BCUT2D eigenvalue weighted by molar-refractivity contribution is 8.16. The maximum Gasteiger partial charge on any atom is 0.315 e. The number of thioether (sulfide) groups is 2. The Kier molecular flexibility index (Phi) is 9.02. The first-order valence-electron chi connectivity index (χ1n) is 9.69. The predicted octanol–water partition coefficient (Wildman–Crippen LogP) is 5.87. The molecule has 2 aromatic carbocycles. The first-order valence-corrected chi connectivity index (χ1v) is 12.2. The summed E-state index contributed by atoms with van der Waals surface area (Å²) in [5.74, 6) is -0.229. The number of rotatable bonds is 9. The number of methoxy groups -OCH3 is 2. The van der Waals surface area contributed by atoms with Crippen molar-refractivity contribution < 1.29 is 19.1 Å². The summed E-state index contributed by atoms with van der Waals surface area (Å²) in [6.45, 7) is 0. The Labute approximate surface area is 200 Å². The maximum absolute atomic E-state index is 11.6. The number of halogens is 1. The molecule has 1 aromatic heterocycles. The Balaban J connectivity index is 1.78. The number of carbonyl (C=O) groups excluding carboxylic acids is 2. The average Bonchev–Trinajstić information content (AvgIpc) is 2.82. The summed E-state index contributed by atoms with van der Waals surface area (Å²) < 4.78 is 9.37. The molecule has 0 saturated heterocycles. The highest BCUT2D eigenvalue weighted by Crippen LogP contribution is 2.40. The van der Waals surface area contributed by atoms with Crippen LogP contribution in [0.4, 0.5) is 0 Å². The van der Waals surface area contributed by atoms with Gasteiger partial charge in [0, 0.05) is 10.4 Å². The number of pyridine rings is 1. The monoisotopic (exact) mass is 487 g/mol. The molecule has 5 nitrogen and oxygen atoms in total. The number of fused-ring (bicyclic) bond motifs is 1. The molecule has 1 heterocycles. The van der Waals surface area contributed by atoms with Crippen LogP contribution in [0.3, 0.4) is 0 Å². The van der Waals surface area contributed by atoms with Gasteiger partial charge in [0.25, 0.3) is 0 Å². The first-order chi connectivity index (χ1) is 15.5. The molecule has 0 unspecified atom stereocenters. The molecule has 0 saturated carbocycles. The molecule has 0 N–H and O–H groups in total. The van der Waals surface area contributed by atoms with E-state index < -0.39 is 0 Å². The molecular formula is C24H22ClNO4S2. The summed E-state index contributed by atoms with van der Waals surface area (Å²) >= 11 is 8.91. The van der Waals surface area contributed by atoms with E-state index in [0.29, 0.717) is 5.02 Å². The second-order valence-corrected chi connectivity index (χ2v) is 9.60. The van der Waals surface area contributed by atoms with Crippen molar-refractivity contribution in [2.75, 3.05) is 25.7 Å². The van der Waals surface area contributed by atoms with Gasteiger partial charge in [-0.1, -0.05) is 48.0 Å². The second-order valence-electron chi connectivity index (χ2n) is 6.68. The molecule has 166 valence electrons. The third kappa shape index (κ3) is 7.02. The van der Waals surface area contributed by atoms with Crippen LogP contribution in [0.2, 0.25) is 5.02 Å². The fourth-order valence-electron chi connectivity index (χ4n) is 2.84. The largest absolute Gasteiger partial charge is 0.468 e. The SMILES string of the molecule is COC(=O)CSC(SCC(=O)OC)c1cccc(/C=C/c2ccc3ccc(Cl)cc3n2)c1. The van der Waals surface area contributed by atoms with Gasteiger partial charge in [-0.15, -0.1) is 23.5 Å². The van der Waals surface area contributed by atoms with Crippen molar-refractivity contribution in [1.82, 2.24) is 4.98 Å². The van der Waals surface area contributed by atoms with Crippen LogP contribution in [0, 0.1) is 0 Å². The lowest BCUT2D eigenvalue weighted by Gasteiger charge is -2.16. The fourth-order valence-corrected chi connectivity index (χ4v) is 5.28. The summed E-state index contributed by atoms with van der Waals surface area (Å²) in [7, 11) is 2.72. The number of nitrogens with zero attached hydrogens (tertiary/aromatic N) is 1. The van der Waals surface area contributed by atoms with Gasteiger partial charge in [-0.2, -0.15) is 0 Å². The number of carbonyl (C=O) groups is 2. The summed E-state index contributed by atoms with van der Waals surface area (Å²) in [4.78, 5) is 27.9. The Bertz CT molecular complexity index is 1120. The minimum atomic E-state index is -0.308. The van der Waals surface area contributed by atoms with Crippen molar-refractivity contribution in [2.45, 2.75) is 4.58 Å². The quantitative estimate of drug-likeness (QED) is 0.276. The molecule has 8 heteroatoms. The summed E-state index contributed by atoms with van der Waals surface area (Å²) in [5.41, 5.74) is 3.64. The van der Waals surface area contributed by atoms with Gasteiger partial charge in [-0.25, -0.2) is 4.98 Å². The molecule has 0 fully saturated rings. The third-order valence-electron chi connectivity index (χ3n) is 4.47. The highest BCUT2D eigenvalue weighted by Gasteiger charge is 2.17. The molecule has 0 aliphatic carbocycles. The lowest BCUT2D eigenvalue weighted by molar-refractivity contribution is -0.138. The lowest BCUT2D eigenvalue weighted by atomic mass is 10.1. The topological polar surface area (TPSA) is 65.5 Å². The van der Waals surface area contributed by atoms with Crippen LogP contribution < -0.4 is 0 Å². The normalized spacial score (nSPS) is 11.2. The van der Waals surface area contributed by atoms with Crippen LogP contribution in [0.5, 0.6) is 0 Å². The van der Waals surface area contributed by atoms with Gasteiger partial charge in [0.1, 0.15) is 0 Å². The second kappa shape index (κ2) is 11.9. The van der Waals surface area contributed by atoms with Crippen LogP contribution in [0.1, 0.15) is 21.4 Å². The highest BCUT2D eigenvalue weighted by atomic mass is 35.5. The van der Waals surface area contributed by atoms with E-state index in [1.807, 2.05) is 66.7 Å². The molecule has 3 aromatic rings. The summed E-state index contributed by atoms with van der Waals surface area (Å²) in [6.07, 6.45) is 3.92. The van der Waals surface area contributed by atoms with E-state index in [0.717, 1.165) is 27.7 Å². The summed E-state index contributed by atoms with van der Waals surface area (Å²) in [6, 6.07) is 17.6. The number of benzene rings is 2. The molecule has 0 bridgehead atoms. The van der Waals surface area contributed by atoms with Gasteiger partial charge in [0.05, 0.1) is 41.5 Å². The summed E-state index contributed by atoms with van der Waals surface area (Å²) in [5, 5.41) is 1.68. The van der Waals surface area contributed by atoms with Crippen molar-refractivity contribution in [3.8, 4) is 0 Å². The Hall–Kier alpha value is -2.48.